The molecule has 0 atom stereocenters. The Morgan fingerprint density at radius 1 is 1.24 bits per heavy atom. The number of amides is 1. The summed E-state index contributed by atoms with van der Waals surface area (Å²) in [5.74, 6) is 0.0677. The van der Waals surface area contributed by atoms with Crippen LogP contribution in [0.3, 0.4) is 0 Å². The number of hydrogen-bond donors (Lipinski definition) is 2. The Bertz CT molecular complexity index is 354. The smallest absolute Gasteiger partial charge is 0.233 e. The number of carbonyl (C=O) groups excluding carboxylic acids is 1. The minimum Gasteiger partial charge on any atom is -0.355 e. The van der Waals surface area contributed by atoms with E-state index in [9.17, 15) is 4.79 Å². The van der Waals surface area contributed by atoms with Crippen molar-refractivity contribution in [2.45, 2.75) is 33.7 Å². The topological polar surface area (TPSA) is 41.1 Å². The fourth-order valence-electron chi connectivity index (χ4n) is 1.76. The normalized spacial score (nSPS) is 10.3. The average molecular weight is 234 g/mol. The summed E-state index contributed by atoms with van der Waals surface area (Å²) in [6, 6.07) is 6.25. The van der Waals surface area contributed by atoms with Gasteiger partial charge in [0.15, 0.2) is 0 Å². The van der Waals surface area contributed by atoms with Gasteiger partial charge in [-0.3, -0.25) is 4.79 Å². The summed E-state index contributed by atoms with van der Waals surface area (Å²) in [5.41, 5.74) is 3.83. The van der Waals surface area contributed by atoms with Gasteiger partial charge in [-0.25, -0.2) is 0 Å². The van der Waals surface area contributed by atoms with Gasteiger partial charge >= 0.3 is 0 Å². The Balaban J connectivity index is 2.38. The van der Waals surface area contributed by atoms with Crippen LogP contribution < -0.4 is 10.6 Å². The fourth-order valence-corrected chi connectivity index (χ4v) is 1.76. The molecule has 1 rings (SSSR count). The van der Waals surface area contributed by atoms with Crippen LogP contribution in [0.5, 0.6) is 0 Å². The van der Waals surface area contributed by atoms with Crippen LogP contribution in [0.1, 0.15) is 30.0 Å². The molecular formula is C14H22N2O. The van der Waals surface area contributed by atoms with Gasteiger partial charge in [0.2, 0.25) is 5.91 Å². The Labute approximate surface area is 104 Å². The number of aryl methyl sites for hydroxylation is 2. The molecule has 0 fully saturated rings. The summed E-state index contributed by atoms with van der Waals surface area (Å²) >= 11 is 0. The summed E-state index contributed by atoms with van der Waals surface area (Å²) < 4.78 is 0. The predicted octanol–water partition coefficient (Wildman–Crippen LogP) is 1.92. The van der Waals surface area contributed by atoms with Crippen LogP contribution in [-0.4, -0.2) is 19.0 Å². The summed E-state index contributed by atoms with van der Waals surface area (Å²) in [5, 5.41) is 6.03. The van der Waals surface area contributed by atoms with Gasteiger partial charge < -0.3 is 10.6 Å². The maximum atomic E-state index is 11.4. The molecule has 0 saturated carbocycles. The first-order chi connectivity index (χ1) is 8.15. The van der Waals surface area contributed by atoms with Crippen molar-refractivity contribution in [3.8, 4) is 0 Å². The standard InChI is InChI=1S/C14H22N2O/c1-4-8-16-14(17)10-15-9-13-11(2)6-5-7-12(13)3/h5-7,15H,4,8-10H2,1-3H3,(H,16,17). The summed E-state index contributed by atoms with van der Waals surface area (Å²) in [6.45, 7) is 8.13. The molecule has 1 aromatic carbocycles. The maximum Gasteiger partial charge on any atom is 0.233 e. The Morgan fingerprint density at radius 3 is 2.47 bits per heavy atom. The van der Waals surface area contributed by atoms with E-state index in [0.29, 0.717) is 6.54 Å². The summed E-state index contributed by atoms with van der Waals surface area (Å²) in [7, 11) is 0. The molecule has 0 saturated heterocycles. The highest BCUT2D eigenvalue weighted by molar-refractivity contribution is 5.77. The molecule has 94 valence electrons. The van der Waals surface area contributed by atoms with Gasteiger partial charge in [0, 0.05) is 13.1 Å². The Kier molecular flexibility index (Phi) is 5.70. The van der Waals surface area contributed by atoms with Crippen molar-refractivity contribution in [1.29, 1.82) is 0 Å². The lowest BCUT2D eigenvalue weighted by atomic mass is 10.0. The lowest BCUT2D eigenvalue weighted by Crippen LogP contribution is -2.34. The highest BCUT2D eigenvalue weighted by Gasteiger charge is 2.03. The second-order valence-electron chi connectivity index (χ2n) is 4.32. The van der Waals surface area contributed by atoms with E-state index >= 15 is 0 Å². The van der Waals surface area contributed by atoms with E-state index in [4.69, 9.17) is 0 Å². The van der Waals surface area contributed by atoms with E-state index in [1.807, 2.05) is 6.92 Å². The number of rotatable bonds is 6. The van der Waals surface area contributed by atoms with Crippen molar-refractivity contribution in [3.05, 3.63) is 34.9 Å². The third kappa shape index (κ3) is 4.57. The van der Waals surface area contributed by atoms with E-state index in [1.165, 1.54) is 16.7 Å². The van der Waals surface area contributed by atoms with Crippen LogP contribution in [0.15, 0.2) is 18.2 Å². The van der Waals surface area contributed by atoms with Crippen LogP contribution in [0.25, 0.3) is 0 Å². The van der Waals surface area contributed by atoms with Gasteiger partial charge in [-0.15, -0.1) is 0 Å². The van der Waals surface area contributed by atoms with Crippen molar-refractivity contribution in [3.63, 3.8) is 0 Å². The molecule has 0 aliphatic carbocycles. The lowest BCUT2D eigenvalue weighted by molar-refractivity contribution is -0.120. The first-order valence-corrected chi connectivity index (χ1v) is 6.17. The molecule has 2 N–H and O–H groups in total. The van der Waals surface area contributed by atoms with E-state index in [1.54, 1.807) is 0 Å². The third-order valence-electron chi connectivity index (χ3n) is 2.80. The van der Waals surface area contributed by atoms with E-state index in [2.05, 4.69) is 42.7 Å². The quantitative estimate of drug-likeness (QED) is 0.789. The lowest BCUT2D eigenvalue weighted by Gasteiger charge is -2.10. The molecule has 0 heterocycles. The zero-order valence-corrected chi connectivity index (χ0v) is 11.0. The number of benzene rings is 1. The van der Waals surface area contributed by atoms with Gasteiger partial charge in [0.25, 0.3) is 0 Å². The van der Waals surface area contributed by atoms with Gasteiger partial charge in [0.05, 0.1) is 6.54 Å². The van der Waals surface area contributed by atoms with Crippen LogP contribution in [-0.2, 0) is 11.3 Å². The van der Waals surface area contributed by atoms with Crippen molar-refractivity contribution >= 4 is 5.91 Å². The first kappa shape index (κ1) is 13.7. The largest absolute Gasteiger partial charge is 0.355 e. The number of carbonyl (C=O) groups is 1. The third-order valence-corrected chi connectivity index (χ3v) is 2.80. The fraction of sp³-hybridized carbons (Fsp3) is 0.500. The van der Waals surface area contributed by atoms with Crippen molar-refractivity contribution in [1.82, 2.24) is 10.6 Å². The molecule has 1 aromatic rings. The van der Waals surface area contributed by atoms with Crippen molar-refractivity contribution in [2.75, 3.05) is 13.1 Å². The van der Waals surface area contributed by atoms with E-state index in [-0.39, 0.29) is 5.91 Å². The molecule has 0 bridgehead atoms. The van der Waals surface area contributed by atoms with Crippen LogP contribution in [0.4, 0.5) is 0 Å². The monoisotopic (exact) mass is 234 g/mol. The second-order valence-corrected chi connectivity index (χ2v) is 4.32. The molecule has 0 spiro atoms. The molecule has 0 radical (unpaired) electrons. The summed E-state index contributed by atoms with van der Waals surface area (Å²) in [4.78, 5) is 11.4. The minimum atomic E-state index is 0.0677. The highest BCUT2D eigenvalue weighted by Crippen LogP contribution is 2.12. The summed E-state index contributed by atoms with van der Waals surface area (Å²) in [6.07, 6.45) is 0.975. The SMILES string of the molecule is CCCNC(=O)CNCc1c(C)cccc1C. The molecule has 0 aliphatic rings. The van der Waals surface area contributed by atoms with Crippen LogP contribution >= 0.6 is 0 Å². The Morgan fingerprint density at radius 2 is 1.88 bits per heavy atom. The van der Waals surface area contributed by atoms with Gasteiger partial charge in [0.1, 0.15) is 0 Å². The van der Waals surface area contributed by atoms with Gasteiger partial charge in [-0.05, 0) is 37.0 Å². The van der Waals surface area contributed by atoms with Gasteiger partial charge in [-0.1, -0.05) is 25.1 Å². The number of nitrogens with one attached hydrogen (secondary N) is 2. The molecular weight excluding hydrogens is 212 g/mol. The first-order valence-electron chi connectivity index (χ1n) is 6.17. The molecule has 0 aromatic heterocycles. The second kappa shape index (κ2) is 7.07. The minimum absolute atomic E-state index is 0.0677. The number of hydrogen-bond acceptors (Lipinski definition) is 2. The maximum absolute atomic E-state index is 11.4. The van der Waals surface area contributed by atoms with Crippen LogP contribution in [0.2, 0.25) is 0 Å². The molecule has 17 heavy (non-hydrogen) atoms. The van der Waals surface area contributed by atoms with E-state index in [0.717, 1.165) is 19.5 Å². The zero-order valence-electron chi connectivity index (χ0n) is 11.0. The predicted molar refractivity (Wildman–Crippen MR) is 70.9 cm³/mol. The van der Waals surface area contributed by atoms with E-state index < -0.39 is 0 Å². The highest BCUT2D eigenvalue weighted by atomic mass is 16.1. The zero-order chi connectivity index (χ0) is 12.7. The van der Waals surface area contributed by atoms with Crippen LogP contribution in [0, 0.1) is 13.8 Å². The Hall–Kier alpha value is -1.35. The van der Waals surface area contributed by atoms with Gasteiger partial charge in [-0.2, -0.15) is 0 Å². The average Bonchev–Trinajstić information content (AvgIpc) is 2.30. The molecule has 0 unspecified atom stereocenters. The molecule has 1 amide bonds. The molecule has 3 nitrogen and oxygen atoms in total. The van der Waals surface area contributed by atoms with Crippen molar-refractivity contribution in [2.24, 2.45) is 0 Å². The van der Waals surface area contributed by atoms with Crippen molar-refractivity contribution < 1.29 is 4.79 Å². The molecule has 0 aliphatic heterocycles. The molecule has 3 heteroatoms.